The van der Waals surface area contributed by atoms with Crippen LogP contribution in [0, 0.1) is 0 Å². The van der Waals surface area contributed by atoms with E-state index in [1.54, 1.807) is 11.5 Å². The third-order valence-corrected chi connectivity index (χ3v) is 6.07. The molecule has 2 aliphatic rings. The Bertz CT molecular complexity index is 664. The zero-order chi connectivity index (χ0) is 19.9. The molecule has 8 heteroatoms. The molecule has 0 aliphatic carbocycles. The molecule has 0 radical (unpaired) electrons. The Kier molecular flexibility index (Phi) is 7.73. The van der Waals surface area contributed by atoms with Gasteiger partial charge in [-0.1, -0.05) is 18.0 Å². The summed E-state index contributed by atoms with van der Waals surface area (Å²) < 4.78 is 6.60. The molecule has 28 heavy (non-hydrogen) atoms. The van der Waals surface area contributed by atoms with E-state index in [0.717, 1.165) is 25.9 Å². The van der Waals surface area contributed by atoms with E-state index in [0.29, 0.717) is 36.5 Å². The number of hydrogen-bond acceptors (Lipinski definition) is 5. The van der Waals surface area contributed by atoms with Crippen molar-refractivity contribution in [2.24, 2.45) is 0 Å². The van der Waals surface area contributed by atoms with Crippen LogP contribution in [0.25, 0.3) is 0 Å². The van der Waals surface area contributed by atoms with E-state index in [1.165, 1.54) is 38.5 Å². The Hall–Kier alpha value is -1.60. The van der Waals surface area contributed by atoms with Crippen LogP contribution in [0.3, 0.4) is 0 Å². The first kappa shape index (κ1) is 21.1. The van der Waals surface area contributed by atoms with Crippen molar-refractivity contribution in [2.45, 2.75) is 64.5 Å². The number of imidazole rings is 1. The van der Waals surface area contributed by atoms with Crippen molar-refractivity contribution in [3.8, 4) is 0 Å². The van der Waals surface area contributed by atoms with Gasteiger partial charge in [-0.05, 0) is 45.7 Å². The van der Waals surface area contributed by atoms with Crippen LogP contribution < -0.4 is 0 Å². The molecule has 2 saturated heterocycles. The highest BCUT2D eigenvalue weighted by Gasteiger charge is 2.27. The van der Waals surface area contributed by atoms with Gasteiger partial charge in [-0.3, -0.25) is 9.59 Å². The summed E-state index contributed by atoms with van der Waals surface area (Å²) in [6, 6.07) is 0.631. The lowest BCUT2D eigenvalue weighted by Crippen LogP contribution is -2.48. The Morgan fingerprint density at radius 1 is 1.18 bits per heavy atom. The van der Waals surface area contributed by atoms with E-state index in [9.17, 15) is 9.59 Å². The highest BCUT2D eigenvalue weighted by atomic mass is 35.5. The minimum absolute atomic E-state index is 0.0252. The van der Waals surface area contributed by atoms with E-state index in [-0.39, 0.29) is 18.4 Å². The normalized spacial score (nSPS) is 19.0. The molecule has 0 bridgehead atoms. The van der Waals surface area contributed by atoms with Crippen molar-refractivity contribution in [2.75, 3.05) is 32.8 Å². The standard InChI is InChI=1S/C20H31ClN4O3/c1-2-28-20(27)15-25-17(21)14-22-18(25)6-7-19(26)24-12-8-16(9-13-24)23-10-4-3-5-11-23/h14,16H,2-13,15H2,1H3. The number of carbonyl (C=O) groups excluding carboxylic acids is 2. The fourth-order valence-electron chi connectivity index (χ4n) is 4.23. The lowest BCUT2D eigenvalue weighted by molar-refractivity contribution is -0.143. The number of aromatic nitrogens is 2. The molecule has 0 unspecified atom stereocenters. The SMILES string of the molecule is CCOC(=O)Cn1c(Cl)cnc1CCC(=O)N1CCC(N2CCCCC2)CC1. The largest absolute Gasteiger partial charge is 0.465 e. The molecule has 156 valence electrons. The zero-order valence-corrected chi connectivity index (χ0v) is 17.5. The van der Waals surface area contributed by atoms with Crippen molar-refractivity contribution in [1.29, 1.82) is 0 Å². The average molecular weight is 411 g/mol. The van der Waals surface area contributed by atoms with E-state index in [4.69, 9.17) is 16.3 Å². The van der Waals surface area contributed by atoms with Crippen LogP contribution in [-0.2, 0) is 27.3 Å². The monoisotopic (exact) mass is 410 g/mol. The zero-order valence-electron chi connectivity index (χ0n) is 16.7. The minimum atomic E-state index is -0.352. The number of aryl methyl sites for hydroxylation is 1. The first-order valence-corrected chi connectivity index (χ1v) is 10.8. The summed E-state index contributed by atoms with van der Waals surface area (Å²) in [6.07, 6.45) is 8.46. The number of carbonyl (C=O) groups is 2. The van der Waals surface area contributed by atoms with Gasteiger partial charge in [0.2, 0.25) is 5.91 Å². The smallest absolute Gasteiger partial charge is 0.326 e. The maximum absolute atomic E-state index is 12.6. The van der Waals surface area contributed by atoms with Crippen LogP contribution >= 0.6 is 11.6 Å². The summed E-state index contributed by atoms with van der Waals surface area (Å²) in [4.78, 5) is 33.2. The van der Waals surface area contributed by atoms with Crippen LogP contribution in [0.1, 0.15) is 51.3 Å². The van der Waals surface area contributed by atoms with Gasteiger partial charge < -0.3 is 19.1 Å². The summed E-state index contributed by atoms with van der Waals surface area (Å²) >= 11 is 6.14. The van der Waals surface area contributed by atoms with E-state index in [1.807, 2.05) is 4.90 Å². The topological polar surface area (TPSA) is 67.7 Å². The summed E-state index contributed by atoms with van der Waals surface area (Å²) in [5.41, 5.74) is 0. The van der Waals surface area contributed by atoms with Crippen LogP contribution in [0.15, 0.2) is 6.20 Å². The van der Waals surface area contributed by atoms with Crippen molar-refractivity contribution in [3.05, 3.63) is 17.2 Å². The minimum Gasteiger partial charge on any atom is -0.465 e. The molecule has 0 atom stereocenters. The van der Waals surface area contributed by atoms with Gasteiger partial charge in [0.05, 0.1) is 12.8 Å². The summed E-state index contributed by atoms with van der Waals surface area (Å²) in [6.45, 7) is 6.20. The fourth-order valence-corrected chi connectivity index (χ4v) is 4.44. The van der Waals surface area contributed by atoms with Crippen LogP contribution in [0.4, 0.5) is 0 Å². The second kappa shape index (κ2) is 10.3. The second-order valence-electron chi connectivity index (χ2n) is 7.60. The molecule has 7 nitrogen and oxygen atoms in total. The van der Waals surface area contributed by atoms with Crippen LogP contribution in [-0.4, -0.2) is 70.1 Å². The predicted molar refractivity (Wildman–Crippen MR) is 107 cm³/mol. The Morgan fingerprint density at radius 2 is 1.89 bits per heavy atom. The highest BCUT2D eigenvalue weighted by molar-refractivity contribution is 6.29. The summed E-state index contributed by atoms with van der Waals surface area (Å²) in [7, 11) is 0. The molecule has 1 aromatic heterocycles. The Labute approximate surface area is 172 Å². The summed E-state index contributed by atoms with van der Waals surface area (Å²) in [5, 5.41) is 0.387. The van der Waals surface area contributed by atoms with Crippen LogP contribution in [0.5, 0.6) is 0 Å². The molecule has 0 saturated carbocycles. The van der Waals surface area contributed by atoms with E-state index in [2.05, 4.69) is 9.88 Å². The number of rotatable bonds is 7. The number of piperidine rings is 2. The maximum Gasteiger partial charge on any atom is 0.326 e. The molecular weight excluding hydrogens is 380 g/mol. The molecule has 3 heterocycles. The molecule has 3 rings (SSSR count). The third kappa shape index (κ3) is 5.47. The predicted octanol–water partition coefficient (Wildman–Crippen LogP) is 2.51. The maximum atomic E-state index is 12.6. The fraction of sp³-hybridized carbons (Fsp3) is 0.750. The third-order valence-electron chi connectivity index (χ3n) is 5.77. The number of halogens is 1. The van der Waals surface area contributed by atoms with Gasteiger partial charge in [0.15, 0.2) is 0 Å². The van der Waals surface area contributed by atoms with Gasteiger partial charge in [-0.25, -0.2) is 4.98 Å². The van der Waals surface area contributed by atoms with Gasteiger partial charge in [0.1, 0.15) is 17.5 Å². The van der Waals surface area contributed by atoms with Gasteiger partial charge in [-0.15, -0.1) is 0 Å². The molecule has 0 N–H and O–H groups in total. The van der Waals surface area contributed by atoms with Gasteiger partial charge in [-0.2, -0.15) is 0 Å². The number of amides is 1. The van der Waals surface area contributed by atoms with E-state index < -0.39 is 0 Å². The highest BCUT2D eigenvalue weighted by Crippen LogP contribution is 2.21. The Balaban J connectivity index is 1.46. The van der Waals surface area contributed by atoms with E-state index >= 15 is 0 Å². The molecule has 1 amide bonds. The van der Waals surface area contributed by atoms with Gasteiger partial charge >= 0.3 is 5.97 Å². The van der Waals surface area contributed by atoms with Crippen molar-refractivity contribution in [1.82, 2.24) is 19.4 Å². The van der Waals surface area contributed by atoms with Gasteiger partial charge in [0.25, 0.3) is 0 Å². The summed E-state index contributed by atoms with van der Waals surface area (Å²) in [5.74, 6) is 0.447. The average Bonchev–Trinajstić information content (AvgIpc) is 3.06. The Morgan fingerprint density at radius 3 is 2.57 bits per heavy atom. The lowest BCUT2D eigenvalue weighted by Gasteiger charge is -2.40. The molecule has 2 aliphatic heterocycles. The molecule has 0 aromatic carbocycles. The lowest BCUT2D eigenvalue weighted by atomic mass is 9.99. The second-order valence-corrected chi connectivity index (χ2v) is 7.98. The van der Waals surface area contributed by atoms with Crippen molar-refractivity contribution >= 4 is 23.5 Å². The number of likely N-dealkylation sites (tertiary alicyclic amines) is 2. The molecule has 1 aromatic rings. The van der Waals surface area contributed by atoms with Crippen molar-refractivity contribution < 1.29 is 14.3 Å². The molecular formula is C20H31ClN4O3. The number of hydrogen-bond donors (Lipinski definition) is 0. The molecule has 2 fully saturated rings. The van der Waals surface area contributed by atoms with Crippen molar-refractivity contribution in [3.63, 3.8) is 0 Å². The number of esters is 1. The first-order chi connectivity index (χ1) is 13.6. The van der Waals surface area contributed by atoms with Gasteiger partial charge in [0, 0.05) is 32.0 Å². The first-order valence-electron chi connectivity index (χ1n) is 10.5. The quantitative estimate of drug-likeness (QED) is 0.646. The number of nitrogens with zero attached hydrogens (tertiary/aromatic N) is 4. The molecule has 0 spiro atoms. The van der Waals surface area contributed by atoms with Crippen LogP contribution in [0.2, 0.25) is 5.15 Å². The number of ether oxygens (including phenoxy) is 1.